The van der Waals surface area contributed by atoms with Crippen LogP contribution in [0.15, 0.2) is 91.1 Å². The summed E-state index contributed by atoms with van der Waals surface area (Å²) in [5.41, 5.74) is 3.09. The molecule has 7 heteroatoms. The second-order valence-electron chi connectivity index (χ2n) is 9.78. The number of hydrogen-bond acceptors (Lipinski definition) is 6. The number of aromatic nitrogens is 1. The molecule has 2 atom stereocenters. The minimum absolute atomic E-state index is 0.0788. The molecule has 7 nitrogen and oxygen atoms in total. The molecule has 39 heavy (non-hydrogen) atoms. The average Bonchev–Trinajstić information content (AvgIpc) is 2.98. The van der Waals surface area contributed by atoms with E-state index in [-0.39, 0.29) is 18.6 Å². The Labute approximate surface area is 229 Å². The van der Waals surface area contributed by atoms with E-state index in [9.17, 15) is 9.90 Å². The molecule has 0 aliphatic carbocycles. The lowest BCUT2D eigenvalue weighted by Crippen LogP contribution is -2.51. The van der Waals surface area contributed by atoms with Crippen LogP contribution in [0, 0.1) is 0 Å². The molecule has 1 aromatic heterocycles. The van der Waals surface area contributed by atoms with Crippen molar-refractivity contribution >= 4 is 16.9 Å². The molecule has 1 amide bonds. The van der Waals surface area contributed by atoms with Crippen LogP contribution in [0.1, 0.15) is 35.6 Å². The van der Waals surface area contributed by atoms with Gasteiger partial charge in [-0.15, -0.1) is 0 Å². The molecule has 2 heterocycles. The first-order valence-corrected chi connectivity index (χ1v) is 13.4. The minimum Gasteiger partial charge on any atom is -0.530 e. The SMILES string of the molecule is O=C([O-])N1CCC(c2ccc(OCCCOCc3ccccn3)cc2)C(OCc2ccc3ccccc3c2)C1. The molecular weight excluding hydrogens is 492 g/mol. The van der Waals surface area contributed by atoms with E-state index >= 15 is 0 Å². The Morgan fingerprint density at radius 1 is 0.923 bits per heavy atom. The Bertz CT molecular complexity index is 1350. The lowest BCUT2D eigenvalue weighted by molar-refractivity contribution is -0.268. The van der Waals surface area contributed by atoms with Crippen LogP contribution in [0.2, 0.25) is 0 Å². The van der Waals surface area contributed by atoms with Crippen LogP contribution in [0.25, 0.3) is 10.8 Å². The summed E-state index contributed by atoms with van der Waals surface area (Å²) >= 11 is 0. The number of ether oxygens (including phenoxy) is 3. The predicted molar refractivity (Wildman–Crippen MR) is 147 cm³/mol. The van der Waals surface area contributed by atoms with Gasteiger partial charge in [-0.25, -0.2) is 0 Å². The highest BCUT2D eigenvalue weighted by atomic mass is 16.5. The van der Waals surface area contributed by atoms with Gasteiger partial charge in [0.15, 0.2) is 0 Å². The highest BCUT2D eigenvalue weighted by Crippen LogP contribution is 2.32. The first-order chi connectivity index (χ1) is 19.2. The molecule has 202 valence electrons. The van der Waals surface area contributed by atoms with Crippen molar-refractivity contribution in [3.8, 4) is 5.75 Å². The number of pyridine rings is 1. The Morgan fingerprint density at radius 2 is 1.74 bits per heavy atom. The number of benzene rings is 3. The van der Waals surface area contributed by atoms with Gasteiger partial charge >= 0.3 is 0 Å². The fraction of sp³-hybridized carbons (Fsp3) is 0.312. The van der Waals surface area contributed by atoms with E-state index in [1.165, 1.54) is 10.3 Å². The fourth-order valence-corrected chi connectivity index (χ4v) is 4.99. The van der Waals surface area contributed by atoms with Crippen LogP contribution in [-0.4, -0.2) is 48.4 Å². The minimum atomic E-state index is -1.15. The topological polar surface area (TPSA) is 84.0 Å². The van der Waals surface area contributed by atoms with Crippen LogP contribution in [0.3, 0.4) is 0 Å². The molecule has 1 saturated heterocycles. The molecule has 3 aromatic carbocycles. The average molecular weight is 526 g/mol. The van der Waals surface area contributed by atoms with Crippen LogP contribution in [0.4, 0.5) is 4.79 Å². The number of fused-ring (bicyclic) bond motifs is 1. The van der Waals surface area contributed by atoms with Gasteiger partial charge in [0.2, 0.25) is 0 Å². The maximum Gasteiger partial charge on any atom is 0.137 e. The molecule has 0 radical (unpaired) electrons. The Balaban J connectivity index is 1.14. The summed E-state index contributed by atoms with van der Waals surface area (Å²) in [7, 11) is 0. The van der Waals surface area contributed by atoms with Gasteiger partial charge in [0.1, 0.15) is 11.8 Å². The van der Waals surface area contributed by atoms with Gasteiger partial charge in [-0.1, -0.05) is 54.6 Å². The maximum absolute atomic E-state index is 11.6. The quantitative estimate of drug-likeness (QED) is 0.258. The third-order valence-electron chi connectivity index (χ3n) is 7.08. The summed E-state index contributed by atoms with van der Waals surface area (Å²) in [6.45, 7) is 2.79. The van der Waals surface area contributed by atoms with Gasteiger partial charge < -0.3 is 29.0 Å². The molecule has 1 fully saturated rings. The van der Waals surface area contributed by atoms with Gasteiger partial charge in [-0.2, -0.15) is 0 Å². The molecule has 4 aromatic rings. The van der Waals surface area contributed by atoms with Gasteiger partial charge in [0.05, 0.1) is 38.2 Å². The van der Waals surface area contributed by atoms with E-state index in [2.05, 4.69) is 47.4 Å². The van der Waals surface area contributed by atoms with Gasteiger partial charge in [0.25, 0.3) is 0 Å². The summed E-state index contributed by atoms with van der Waals surface area (Å²) in [5.74, 6) is 0.874. The number of amides is 1. The number of piperidine rings is 1. The summed E-state index contributed by atoms with van der Waals surface area (Å²) in [4.78, 5) is 17.2. The molecular formula is C32H33N2O5-. The molecule has 5 rings (SSSR count). The Hall–Kier alpha value is -3.94. The molecule has 1 aliphatic rings. The molecule has 1 aliphatic heterocycles. The van der Waals surface area contributed by atoms with E-state index in [1.54, 1.807) is 6.20 Å². The number of carboxylic acid groups (broad SMARTS) is 1. The summed E-state index contributed by atoms with van der Waals surface area (Å²) in [5, 5.41) is 13.9. The third-order valence-corrected chi connectivity index (χ3v) is 7.08. The number of carbonyl (C=O) groups is 1. The van der Waals surface area contributed by atoms with Crippen LogP contribution in [-0.2, 0) is 22.7 Å². The zero-order valence-corrected chi connectivity index (χ0v) is 21.9. The second-order valence-corrected chi connectivity index (χ2v) is 9.78. The monoisotopic (exact) mass is 525 g/mol. The molecule has 0 saturated carbocycles. The number of likely N-dealkylation sites (tertiary alicyclic amines) is 1. The van der Waals surface area contributed by atoms with E-state index in [0.29, 0.717) is 39.4 Å². The lowest BCUT2D eigenvalue weighted by Gasteiger charge is -2.40. The number of nitrogens with zero attached hydrogens (tertiary/aromatic N) is 2. The fourth-order valence-electron chi connectivity index (χ4n) is 4.99. The van der Waals surface area contributed by atoms with Gasteiger partial charge in [-0.3, -0.25) is 4.98 Å². The first kappa shape index (κ1) is 26.7. The second kappa shape index (κ2) is 13.2. The van der Waals surface area contributed by atoms with Crippen LogP contribution in [0.5, 0.6) is 5.75 Å². The molecule has 0 spiro atoms. The van der Waals surface area contributed by atoms with Crippen molar-refractivity contribution in [1.82, 2.24) is 9.88 Å². The Morgan fingerprint density at radius 3 is 2.54 bits per heavy atom. The van der Waals surface area contributed by atoms with Crippen molar-refractivity contribution < 1.29 is 24.1 Å². The van der Waals surface area contributed by atoms with Crippen LogP contribution < -0.4 is 9.84 Å². The number of carbonyl (C=O) groups excluding carboxylic acids is 1. The predicted octanol–water partition coefficient (Wildman–Crippen LogP) is 4.94. The third kappa shape index (κ3) is 7.34. The van der Waals surface area contributed by atoms with Crippen molar-refractivity contribution in [2.24, 2.45) is 0 Å². The molecule has 0 bridgehead atoms. The largest absolute Gasteiger partial charge is 0.530 e. The summed E-state index contributed by atoms with van der Waals surface area (Å²) in [6.07, 6.45) is 1.79. The van der Waals surface area contributed by atoms with E-state index in [0.717, 1.165) is 34.4 Å². The maximum atomic E-state index is 11.6. The van der Waals surface area contributed by atoms with Crippen molar-refractivity contribution in [2.45, 2.75) is 38.1 Å². The number of rotatable bonds is 11. The van der Waals surface area contributed by atoms with Crippen molar-refractivity contribution in [3.05, 3.63) is 108 Å². The van der Waals surface area contributed by atoms with Gasteiger partial charge in [-0.05, 0) is 58.7 Å². The highest BCUT2D eigenvalue weighted by molar-refractivity contribution is 5.82. The zero-order valence-electron chi connectivity index (χ0n) is 21.9. The number of hydrogen-bond donors (Lipinski definition) is 0. The smallest absolute Gasteiger partial charge is 0.137 e. The normalized spacial score (nSPS) is 17.3. The van der Waals surface area contributed by atoms with E-state index < -0.39 is 6.09 Å². The van der Waals surface area contributed by atoms with Crippen molar-refractivity contribution in [2.75, 3.05) is 26.3 Å². The standard InChI is InChI=1S/C32H34N2O5/c35-32(36)34-17-15-30(31(21-34)39-22-24-9-10-25-6-1-2-7-27(25)20-24)26-11-13-29(14-12-26)38-19-5-18-37-23-28-8-3-4-16-33-28/h1-4,6-14,16,20,30-31H,5,15,17-19,21-23H2,(H,35,36)/p-1. The van der Waals surface area contributed by atoms with Crippen molar-refractivity contribution in [1.29, 1.82) is 0 Å². The van der Waals surface area contributed by atoms with E-state index in [4.69, 9.17) is 14.2 Å². The molecule has 2 unspecified atom stereocenters. The van der Waals surface area contributed by atoms with Gasteiger partial charge in [0, 0.05) is 31.6 Å². The summed E-state index contributed by atoms with van der Waals surface area (Å²) in [6, 6.07) is 28.3. The van der Waals surface area contributed by atoms with Crippen molar-refractivity contribution in [3.63, 3.8) is 0 Å². The lowest BCUT2D eigenvalue weighted by atomic mass is 9.87. The molecule has 0 N–H and O–H groups in total. The van der Waals surface area contributed by atoms with Crippen LogP contribution >= 0.6 is 0 Å². The zero-order chi connectivity index (χ0) is 26.9. The summed E-state index contributed by atoms with van der Waals surface area (Å²) < 4.78 is 17.9. The first-order valence-electron chi connectivity index (χ1n) is 13.4. The Kier molecular flexibility index (Phi) is 9.04. The van der Waals surface area contributed by atoms with E-state index in [1.807, 2.05) is 42.5 Å². The highest BCUT2D eigenvalue weighted by Gasteiger charge is 2.31.